The molecule has 1 aromatic heterocycles. The van der Waals surface area contributed by atoms with Crippen LogP contribution in [-0.2, 0) is 14.3 Å². The molecule has 1 saturated heterocycles. The standard InChI is InChI=1S/C19H15ClN2O6/c1-9(2)27-18(25)12-7-10(3-5-14(12)20)15-6-4-11(28-15)8-13-16(23)21-19(26)22-17(13)24/h3-9H,1-2H3,(H2,21,22,23,24,26). The normalized spacial score (nSPS) is 14.0. The van der Waals surface area contributed by atoms with E-state index in [2.05, 4.69) is 0 Å². The lowest BCUT2D eigenvalue weighted by Gasteiger charge is -2.13. The number of nitrogens with one attached hydrogen (secondary N) is 2. The Morgan fingerprint density at radius 1 is 1.11 bits per heavy atom. The average molecular weight is 403 g/mol. The van der Waals surface area contributed by atoms with Crippen LogP contribution in [0.1, 0.15) is 30.0 Å². The first-order valence-corrected chi connectivity index (χ1v) is 8.61. The Kier molecular flexibility index (Phi) is 5.32. The number of hydrogen-bond acceptors (Lipinski definition) is 6. The van der Waals surface area contributed by atoms with Crippen molar-refractivity contribution in [2.75, 3.05) is 0 Å². The average Bonchev–Trinajstić information content (AvgIpc) is 3.06. The van der Waals surface area contributed by atoms with Crippen molar-refractivity contribution in [3.63, 3.8) is 0 Å². The summed E-state index contributed by atoms with van der Waals surface area (Å²) in [5.74, 6) is -1.61. The first-order valence-electron chi connectivity index (χ1n) is 8.23. The fourth-order valence-corrected chi connectivity index (χ4v) is 2.64. The molecule has 2 N–H and O–H groups in total. The quantitative estimate of drug-likeness (QED) is 0.461. The summed E-state index contributed by atoms with van der Waals surface area (Å²) in [6.07, 6.45) is 0.915. The Hall–Kier alpha value is -3.39. The lowest BCUT2D eigenvalue weighted by atomic mass is 10.1. The third-order valence-corrected chi connectivity index (χ3v) is 4.00. The van der Waals surface area contributed by atoms with Crippen LogP contribution in [0.25, 0.3) is 17.4 Å². The SMILES string of the molecule is CC(C)OC(=O)c1cc(-c2ccc(C=C3C(=O)NC(=O)NC3=O)o2)ccc1Cl. The van der Waals surface area contributed by atoms with Crippen molar-refractivity contribution >= 4 is 41.5 Å². The predicted octanol–water partition coefficient (Wildman–Crippen LogP) is 2.91. The Labute approximate surface area is 164 Å². The summed E-state index contributed by atoms with van der Waals surface area (Å²) in [6.45, 7) is 3.46. The van der Waals surface area contributed by atoms with Crippen molar-refractivity contribution in [1.82, 2.24) is 10.6 Å². The highest BCUT2D eigenvalue weighted by atomic mass is 35.5. The first kappa shape index (κ1) is 19.4. The maximum absolute atomic E-state index is 12.2. The van der Waals surface area contributed by atoms with E-state index >= 15 is 0 Å². The van der Waals surface area contributed by atoms with Gasteiger partial charge in [0.2, 0.25) is 0 Å². The molecule has 144 valence electrons. The third-order valence-electron chi connectivity index (χ3n) is 3.67. The second kappa shape index (κ2) is 7.69. The van der Waals surface area contributed by atoms with E-state index in [1.165, 1.54) is 12.1 Å². The van der Waals surface area contributed by atoms with Gasteiger partial charge in [-0.1, -0.05) is 11.6 Å². The highest BCUT2D eigenvalue weighted by molar-refractivity contribution is 6.33. The Balaban J connectivity index is 1.89. The fourth-order valence-electron chi connectivity index (χ4n) is 2.45. The predicted molar refractivity (Wildman–Crippen MR) is 99.4 cm³/mol. The number of urea groups is 1. The molecule has 0 aliphatic carbocycles. The second-order valence-electron chi connectivity index (χ2n) is 6.15. The summed E-state index contributed by atoms with van der Waals surface area (Å²) in [4.78, 5) is 46.8. The molecule has 0 unspecified atom stereocenters. The smallest absolute Gasteiger partial charge is 0.339 e. The number of amides is 4. The van der Waals surface area contributed by atoms with Crippen molar-refractivity contribution in [1.29, 1.82) is 0 Å². The number of benzene rings is 1. The van der Waals surface area contributed by atoms with Crippen LogP contribution >= 0.6 is 11.6 Å². The lowest BCUT2D eigenvalue weighted by Crippen LogP contribution is -2.51. The van der Waals surface area contributed by atoms with Gasteiger partial charge in [-0.15, -0.1) is 0 Å². The zero-order valence-electron chi connectivity index (χ0n) is 14.9. The molecule has 3 rings (SSSR count). The van der Waals surface area contributed by atoms with Gasteiger partial charge in [0.15, 0.2) is 0 Å². The number of ether oxygens (including phenoxy) is 1. The van der Waals surface area contributed by atoms with Crippen molar-refractivity contribution in [3.05, 3.63) is 52.3 Å². The van der Waals surface area contributed by atoms with E-state index in [9.17, 15) is 19.2 Å². The monoisotopic (exact) mass is 402 g/mol. The highest BCUT2D eigenvalue weighted by Gasteiger charge is 2.28. The molecule has 9 heteroatoms. The van der Waals surface area contributed by atoms with Gasteiger partial charge in [0.25, 0.3) is 11.8 Å². The number of carbonyl (C=O) groups excluding carboxylic acids is 4. The lowest BCUT2D eigenvalue weighted by molar-refractivity contribution is -0.123. The first-order chi connectivity index (χ1) is 13.2. The molecular formula is C19H15ClN2O6. The minimum absolute atomic E-state index is 0.189. The van der Waals surface area contributed by atoms with Crippen molar-refractivity contribution < 1.29 is 28.3 Å². The summed E-state index contributed by atoms with van der Waals surface area (Å²) in [5, 5.41) is 4.19. The molecule has 0 atom stereocenters. The van der Waals surface area contributed by atoms with E-state index in [1.807, 2.05) is 10.6 Å². The minimum atomic E-state index is -0.880. The number of hydrogen-bond donors (Lipinski definition) is 2. The van der Waals surface area contributed by atoms with Crippen LogP contribution < -0.4 is 10.6 Å². The van der Waals surface area contributed by atoms with Gasteiger partial charge in [-0.25, -0.2) is 9.59 Å². The second-order valence-corrected chi connectivity index (χ2v) is 6.55. The van der Waals surface area contributed by atoms with E-state index in [1.54, 1.807) is 38.1 Å². The molecule has 8 nitrogen and oxygen atoms in total. The molecule has 1 fully saturated rings. The molecule has 2 aromatic rings. The summed E-state index contributed by atoms with van der Waals surface area (Å²) < 4.78 is 10.8. The van der Waals surface area contributed by atoms with Crippen molar-refractivity contribution in [2.24, 2.45) is 0 Å². The van der Waals surface area contributed by atoms with Crippen LogP contribution in [0.3, 0.4) is 0 Å². The van der Waals surface area contributed by atoms with Crippen LogP contribution in [0.5, 0.6) is 0 Å². The van der Waals surface area contributed by atoms with Gasteiger partial charge in [0.05, 0.1) is 16.7 Å². The van der Waals surface area contributed by atoms with E-state index in [0.717, 1.165) is 0 Å². The number of carbonyl (C=O) groups is 4. The highest BCUT2D eigenvalue weighted by Crippen LogP contribution is 2.28. The third kappa shape index (κ3) is 4.12. The van der Waals surface area contributed by atoms with Crippen LogP contribution in [0.15, 0.2) is 40.3 Å². The van der Waals surface area contributed by atoms with Gasteiger partial charge in [-0.2, -0.15) is 0 Å². The minimum Gasteiger partial charge on any atom is -0.459 e. The number of imide groups is 2. The van der Waals surface area contributed by atoms with Crippen molar-refractivity contribution in [2.45, 2.75) is 20.0 Å². The molecule has 0 bridgehead atoms. The van der Waals surface area contributed by atoms with E-state index in [-0.39, 0.29) is 28.0 Å². The van der Waals surface area contributed by atoms with Gasteiger partial charge in [-0.3, -0.25) is 20.2 Å². The number of rotatable bonds is 4. The molecule has 1 aromatic carbocycles. The molecule has 0 saturated carbocycles. The number of esters is 1. The van der Waals surface area contributed by atoms with E-state index < -0.39 is 23.8 Å². The topological polar surface area (TPSA) is 115 Å². The van der Waals surface area contributed by atoms with Gasteiger partial charge in [-0.05, 0) is 50.3 Å². The summed E-state index contributed by atoms with van der Waals surface area (Å²) in [7, 11) is 0. The number of furan rings is 1. The number of halogens is 1. The van der Waals surface area contributed by atoms with Gasteiger partial charge >= 0.3 is 12.0 Å². The molecule has 0 radical (unpaired) electrons. The van der Waals surface area contributed by atoms with Crippen molar-refractivity contribution in [3.8, 4) is 11.3 Å². The van der Waals surface area contributed by atoms with Crippen LogP contribution in [0, 0.1) is 0 Å². The zero-order valence-corrected chi connectivity index (χ0v) is 15.6. The summed E-state index contributed by atoms with van der Waals surface area (Å²) >= 11 is 6.08. The Bertz CT molecular complexity index is 999. The summed E-state index contributed by atoms with van der Waals surface area (Å²) in [6, 6.07) is 7.00. The Morgan fingerprint density at radius 2 is 1.79 bits per heavy atom. The van der Waals surface area contributed by atoms with E-state index in [0.29, 0.717) is 11.3 Å². The van der Waals surface area contributed by atoms with Gasteiger partial charge in [0, 0.05) is 5.56 Å². The van der Waals surface area contributed by atoms with Crippen LogP contribution in [0.4, 0.5) is 4.79 Å². The summed E-state index contributed by atoms with van der Waals surface area (Å²) in [5.41, 5.74) is 0.476. The molecular weight excluding hydrogens is 388 g/mol. The molecule has 4 amide bonds. The van der Waals surface area contributed by atoms with E-state index in [4.69, 9.17) is 20.8 Å². The fraction of sp³-hybridized carbons (Fsp3) is 0.158. The van der Waals surface area contributed by atoms with Crippen LogP contribution in [0.2, 0.25) is 5.02 Å². The molecule has 1 aliphatic heterocycles. The van der Waals surface area contributed by atoms with Gasteiger partial charge < -0.3 is 9.15 Å². The Morgan fingerprint density at radius 3 is 2.43 bits per heavy atom. The zero-order chi connectivity index (χ0) is 20.4. The molecule has 28 heavy (non-hydrogen) atoms. The van der Waals surface area contributed by atoms with Gasteiger partial charge in [0.1, 0.15) is 17.1 Å². The molecule has 0 spiro atoms. The molecule has 2 heterocycles. The number of barbiturate groups is 1. The maximum Gasteiger partial charge on any atom is 0.339 e. The maximum atomic E-state index is 12.2. The van der Waals surface area contributed by atoms with Crippen LogP contribution in [-0.4, -0.2) is 29.9 Å². The molecule has 1 aliphatic rings. The largest absolute Gasteiger partial charge is 0.459 e.